The van der Waals surface area contributed by atoms with Crippen molar-refractivity contribution in [3.05, 3.63) is 22.7 Å². The Labute approximate surface area is 62.5 Å². The maximum Gasteiger partial charge on any atom is 0.196 e. The number of hydrogen-bond donors (Lipinski definition) is 0. The highest BCUT2D eigenvalue weighted by Crippen LogP contribution is 2.00. The lowest BCUT2D eigenvalue weighted by Gasteiger charge is -1.91. The van der Waals surface area contributed by atoms with E-state index in [9.17, 15) is 0 Å². The lowest BCUT2D eigenvalue weighted by atomic mass is 10.3. The second-order valence-corrected chi connectivity index (χ2v) is 2.29. The van der Waals surface area contributed by atoms with E-state index in [0.717, 1.165) is 12.1 Å². The fraction of sp³-hybridized carbons (Fsp3) is 0.333. The molecule has 1 radical (unpaired) electrons. The molecule has 0 aromatic carbocycles. The number of aromatic nitrogens is 2. The summed E-state index contributed by atoms with van der Waals surface area (Å²) in [4.78, 5) is 7.88. The van der Waals surface area contributed by atoms with E-state index in [1.165, 1.54) is 0 Å². The topological polar surface area (TPSA) is 25.8 Å². The first-order chi connectivity index (χ1) is 4.33. The molecular weight excluding hydrogens is 180 g/mol. The van der Waals surface area contributed by atoms with Crippen molar-refractivity contribution in [1.29, 1.82) is 0 Å². The fourth-order valence-electron chi connectivity index (χ4n) is 0.514. The molecule has 2 nitrogen and oxygen atoms in total. The first kappa shape index (κ1) is 6.68. The lowest BCUT2D eigenvalue weighted by molar-refractivity contribution is 0.968. The molecule has 0 aliphatic rings. The molecule has 1 aromatic heterocycles. The van der Waals surface area contributed by atoms with Gasteiger partial charge in [0.25, 0.3) is 0 Å². The highest BCUT2D eigenvalue weighted by Gasteiger charge is 1.90. The SMILES string of the molecule is CCc1[c]cnc(Br)n1. The summed E-state index contributed by atoms with van der Waals surface area (Å²) in [5.41, 5.74) is 0.942. The number of rotatable bonds is 1. The molecular formula is C6H6BrN2. The van der Waals surface area contributed by atoms with Gasteiger partial charge in [-0.2, -0.15) is 0 Å². The predicted octanol–water partition coefficient (Wildman–Crippen LogP) is 1.60. The van der Waals surface area contributed by atoms with Crippen LogP contribution in [0.1, 0.15) is 12.6 Å². The normalized spacial score (nSPS) is 9.56. The van der Waals surface area contributed by atoms with Crippen LogP contribution in [0, 0.1) is 6.07 Å². The molecule has 47 valence electrons. The monoisotopic (exact) mass is 185 g/mol. The first-order valence-corrected chi connectivity index (χ1v) is 3.51. The van der Waals surface area contributed by atoms with Crippen molar-refractivity contribution in [2.24, 2.45) is 0 Å². The van der Waals surface area contributed by atoms with Gasteiger partial charge in [0.1, 0.15) is 0 Å². The van der Waals surface area contributed by atoms with Crippen molar-refractivity contribution in [3.63, 3.8) is 0 Å². The largest absolute Gasteiger partial charge is 0.230 e. The van der Waals surface area contributed by atoms with Crippen LogP contribution in [-0.2, 0) is 6.42 Å². The summed E-state index contributed by atoms with van der Waals surface area (Å²) >= 11 is 3.16. The minimum absolute atomic E-state index is 0.637. The maximum atomic E-state index is 4.04. The van der Waals surface area contributed by atoms with E-state index < -0.39 is 0 Å². The summed E-state index contributed by atoms with van der Waals surface area (Å²) in [7, 11) is 0. The number of hydrogen-bond acceptors (Lipinski definition) is 2. The Morgan fingerprint density at radius 1 is 1.78 bits per heavy atom. The van der Waals surface area contributed by atoms with Crippen molar-refractivity contribution in [1.82, 2.24) is 9.97 Å². The molecule has 0 spiro atoms. The third-order valence-corrected chi connectivity index (χ3v) is 1.35. The molecule has 0 unspecified atom stereocenters. The molecule has 1 aromatic rings. The van der Waals surface area contributed by atoms with Gasteiger partial charge >= 0.3 is 0 Å². The zero-order chi connectivity index (χ0) is 6.69. The zero-order valence-corrected chi connectivity index (χ0v) is 6.64. The summed E-state index contributed by atoms with van der Waals surface area (Å²) in [6.45, 7) is 2.03. The Balaban J connectivity index is 2.94. The van der Waals surface area contributed by atoms with Gasteiger partial charge < -0.3 is 0 Å². The maximum absolute atomic E-state index is 4.04. The van der Waals surface area contributed by atoms with E-state index in [2.05, 4.69) is 32.0 Å². The standard InChI is InChI=1S/C6H6BrN2/c1-2-5-3-4-8-6(7)9-5/h4H,2H2,1H3. The van der Waals surface area contributed by atoms with Crippen LogP contribution in [0.15, 0.2) is 10.9 Å². The van der Waals surface area contributed by atoms with Crippen LogP contribution in [0.25, 0.3) is 0 Å². The van der Waals surface area contributed by atoms with Gasteiger partial charge in [0.15, 0.2) is 4.73 Å². The summed E-state index contributed by atoms with van der Waals surface area (Å²) in [6, 6.07) is 2.91. The van der Waals surface area contributed by atoms with Gasteiger partial charge in [-0.1, -0.05) is 6.92 Å². The average Bonchev–Trinajstić information content (AvgIpc) is 1.88. The van der Waals surface area contributed by atoms with Crippen molar-refractivity contribution < 1.29 is 0 Å². The number of halogens is 1. The quantitative estimate of drug-likeness (QED) is 0.622. The van der Waals surface area contributed by atoms with E-state index in [1.807, 2.05) is 6.92 Å². The Morgan fingerprint density at radius 2 is 2.56 bits per heavy atom. The van der Waals surface area contributed by atoms with Crippen LogP contribution in [-0.4, -0.2) is 9.97 Å². The van der Waals surface area contributed by atoms with Crippen molar-refractivity contribution in [2.45, 2.75) is 13.3 Å². The first-order valence-electron chi connectivity index (χ1n) is 2.72. The lowest BCUT2D eigenvalue weighted by Crippen LogP contribution is -1.88. The third-order valence-electron chi connectivity index (χ3n) is 0.964. The minimum atomic E-state index is 0.637. The van der Waals surface area contributed by atoms with Crippen LogP contribution in [0.5, 0.6) is 0 Å². The molecule has 0 aliphatic heterocycles. The van der Waals surface area contributed by atoms with Crippen LogP contribution < -0.4 is 0 Å². The molecule has 0 N–H and O–H groups in total. The molecule has 0 aliphatic carbocycles. The Bertz CT molecular complexity index is 200. The molecule has 0 fully saturated rings. The smallest absolute Gasteiger partial charge is 0.196 e. The van der Waals surface area contributed by atoms with E-state index in [4.69, 9.17) is 0 Å². The van der Waals surface area contributed by atoms with E-state index in [-0.39, 0.29) is 0 Å². The van der Waals surface area contributed by atoms with Crippen LogP contribution in [0.3, 0.4) is 0 Å². The molecule has 0 saturated heterocycles. The number of nitrogens with zero attached hydrogens (tertiary/aromatic N) is 2. The van der Waals surface area contributed by atoms with Gasteiger partial charge in [-0.3, -0.25) is 0 Å². The molecule has 1 heterocycles. The second kappa shape index (κ2) is 2.92. The Morgan fingerprint density at radius 3 is 3.00 bits per heavy atom. The van der Waals surface area contributed by atoms with Crippen LogP contribution in [0.4, 0.5) is 0 Å². The van der Waals surface area contributed by atoms with Crippen LogP contribution in [0.2, 0.25) is 0 Å². The van der Waals surface area contributed by atoms with Crippen LogP contribution >= 0.6 is 15.9 Å². The summed E-state index contributed by atoms with van der Waals surface area (Å²) in [6.07, 6.45) is 2.52. The van der Waals surface area contributed by atoms with Gasteiger partial charge in [0.05, 0.1) is 5.69 Å². The molecule has 0 atom stereocenters. The van der Waals surface area contributed by atoms with Gasteiger partial charge in [0, 0.05) is 12.3 Å². The predicted molar refractivity (Wildman–Crippen MR) is 37.9 cm³/mol. The van der Waals surface area contributed by atoms with Gasteiger partial charge in [-0.25, -0.2) is 9.97 Å². The molecule has 0 bridgehead atoms. The van der Waals surface area contributed by atoms with Crippen molar-refractivity contribution >= 4 is 15.9 Å². The molecule has 9 heavy (non-hydrogen) atoms. The van der Waals surface area contributed by atoms with Gasteiger partial charge in [-0.15, -0.1) is 0 Å². The molecule has 0 amide bonds. The van der Waals surface area contributed by atoms with Crippen molar-refractivity contribution in [2.75, 3.05) is 0 Å². The molecule has 1 rings (SSSR count). The Hall–Kier alpha value is -0.440. The fourth-order valence-corrected chi connectivity index (χ4v) is 0.830. The summed E-state index contributed by atoms with van der Waals surface area (Å²) < 4.78 is 0.637. The highest BCUT2D eigenvalue weighted by molar-refractivity contribution is 9.10. The zero-order valence-electron chi connectivity index (χ0n) is 5.06. The van der Waals surface area contributed by atoms with E-state index in [1.54, 1.807) is 6.20 Å². The van der Waals surface area contributed by atoms with E-state index in [0.29, 0.717) is 4.73 Å². The Kier molecular flexibility index (Phi) is 2.16. The average molecular weight is 186 g/mol. The minimum Gasteiger partial charge on any atom is -0.230 e. The number of aryl methyl sites for hydroxylation is 1. The van der Waals surface area contributed by atoms with Gasteiger partial charge in [-0.05, 0) is 22.4 Å². The van der Waals surface area contributed by atoms with E-state index >= 15 is 0 Å². The molecule has 0 saturated carbocycles. The van der Waals surface area contributed by atoms with Gasteiger partial charge in [0.2, 0.25) is 0 Å². The summed E-state index contributed by atoms with van der Waals surface area (Å²) in [5.74, 6) is 0. The second-order valence-electron chi connectivity index (χ2n) is 1.58. The third kappa shape index (κ3) is 1.75. The highest BCUT2D eigenvalue weighted by atomic mass is 79.9. The molecule has 3 heteroatoms. The summed E-state index contributed by atoms with van der Waals surface area (Å²) in [5, 5.41) is 0. The van der Waals surface area contributed by atoms with Crippen molar-refractivity contribution in [3.8, 4) is 0 Å².